The van der Waals surface area contributed by atoms with E-state index in [1.807, 2.05) is 0 Å². The lowest BCUT2D eigenvalue weighted by atomic mass is 10.1. The molecule has 0 radical (unpaired) electrons. The maximum Gasteiger partial charge on any atom is 0.387 e. The summed E-state index contributed by atoms with van der Waals surface area (Å²) in [4.78, 5) is 11.9. The molecule has 0 aromatic heterocycles. The molecule has 2 aromatic rings. The normalized spacial score (nSPS) is 10.4. The summed E-state index contributed by atoms with van der Waals surface area (Å²) in [5, 5.41) is 2.69. The van der Waals surface area contributed by atoms with E-state index in [2.05, 4.69) is 10.1 Å². The van der Waals surface area contributed by atoms with Gasteiger partial charge in [0.2, 0.25) is 5.91 Å². The average Bonchev–Trinajstić information content (AvgIpc) is 2.49. The molecular formula is C16H15F2NO3. The predicted molar refractivity (Wildman–Crippen MR) is 78.4 cm³/mol. The summed E-state index contributed by atoms with van der Waals surface area (Å²) in [5.41, 5.74) is 1.36. The number of anilines is 1. The Balaban J connectivity index is 1.90. The molecule has 0 heterocycles. The smallest absolute Gasteiger partial charge is 0.387 e. The molecule has 0 saturated carbocycles. The van der Waals surface area contributed by atoms with Crippen LogP contribution in [0.25, 0.3) is 0 Å². The largest absolute Gasteiger partial charge is 0.497 e. The van der Waals surface area contributed by atoms with Gasteiger partial charge in [-0.25, -0.2) is 0 Å². The number of ether oxygens (including phenoxy) is 2. The maximum atomic E-state index is 12.0. The topological polar surface area (TPSA) is 47.6 Å². The lowest BCUT2D eigenvalue weighted by molar-refractivity contribution is -0.115. The van der Waals surface area contributed by atoms with Crippen molar-refractivity contribution in [3.05, 3.63) is 54.1 Å². The number of benzene rings is 2. The minimum absolute atomic E-state index is 0.0446. The zero-order valence-corrected chi connectivity index (χ0v) is 11.9. The van der Waals surface area contributed by atoms with Crippen LogP contribution < -0.4 is 14.8 Å². The molecule has 4 nitrogen and oxygen atoms in total. The number of carbonyl (C=O) groups is 1. The number of alkyl halides is 2. The van der Waals surface area contributed by atoms with E-state index in [4.69, 9.17) is 4.74 Å². The van der Waals surface area contributed by atoms with Gasteiger partial charge in [-0.15, -0.1) is 0 Å². The van der Waals surface area contributed by atoms with Crippen molar-refractivity contribution in [2.45, 2.75) is 13.0 Å². The van der Waals surface area contributed by atoms with E-state index in [0.29, 0.717) is 5.69 Å². The minimum Gasteiger partial charge on any atom is -0.497 e. The molecular weight excluding hydrogens is 292 g/mol. The van der Waals surface area contributed by atoms with Crippen molar-refractivity contribution in [2.24, 2.45) is 0 Å². The standard InChI is InChI=1S/C16H15F2NO3/c1-21-13-6-2-11(3-7-13)10-15(20)19-12-4-8-14(9-5-12)22-16(17)18/h2-9,16H,10H2,1H3,(H,19,20). The summed E-state index contributed by atoms with van der Waals surface area (Å²) in [6.07, 6.45) is 0.208. The number of carbonyl (C=O) groups excluding carboxylic acids is 1. The van der Waals surface area contributed by atoms with Crippen LogP contribution in [0.5, 0.6) is 11.5 Å². The molecule has 2 rings (SSSR count). The number of amides is 1. The third-order valence-corrected chi connectivity index (χ3v) is 2.89. The van der Waals surface area contributed by atoms with E-state index in [9.17, 15) is 13.6 Å². The van der Waals surface area contributed by atoms with Crippen molar-refractivity contribution in [3.8, 4) is 11.5 Å². The molecule has 2 aromatic carbocycles. The summed E-state index contributed by atoms with van der Waals surface area (Å²) in [6.45, 7) is -2.87. The molecule has 0 aliphatic rings. The Morgan fingerprint density at radius 2 is 1.64 bits per heavy atom. The van der Waals surface area contributed by atoms with E-state index in [1.54, 1.807) is 31.4 Å². The molecule has 22 heavy (non-hydrogen) atoms. The van der Waals surface area contributed by atoms with E-state index in [0.717, 1.165) is 11.3 Å². The van der Waals surface area contributed by atoms with Crippen LogP contribution in [-0.4, -0.2) is 19.6 Å². The highest BCUT2D eigenvalue weighted by Gasteiger charge is 2.06. The lowest BCUT2D eigenvalue weighted by Gasteiger charge is -2.08. The highest BCUT2D eigenvalue weighted by molar-refractivity contribution is 5.92. The first kappa shape index (κ1) is 15.8. The first-order valence-corrected chi connectivity index (χ1v) is 6.54. The fourth-order valence-electron chi connectivity index (χ4n) is 1.85. The summed E-state index contributed by atoms with van der Waals surface area (Å²) >= 11 is 0. The summed E-state index contributed by atoms with van der Waals surface area (Å²) in [7, 11) is 1.57. The second-order valence-electron chi connectivity index (χ2n) is 4.48. The van der Waals surface area contributed by atoms with Crippen molar-refractivity contribution in [1.29, 1.82) is 0 Å². The zero-order chi connectivity index (χ0) is 15.9. The van der Waals surface area contributed by atoms with Gasteiger partial charge in [-0.2, -0.15) is 8.78 Å². The van der Waals surface area contributed by atoms with Crippen LogP contribution in [0.15, 0.2) is 48.5 Å². The average molecular weight is 307 g/mol. The lowest BCUT2D eigenvalue weighted by Crippen LogP contribution is -2.14. The van der Waals surface area contributed by atoms with Crippen molar-refractivity contribution in [1.82, 2.24) is 0 Å². The molecule has 0 atom stereocenters. The molecule has 1 amide bonds. The first-order chi connectivity index (χ1) is 10.6. The summed E-state index contributed by atoms with van der Waals surface area (Å²) in [5.74, 6) is 0.564. The van der Waals surface area contributed by atoms with Gasteiger partial charge in [-0.3, -0.25) is 4.79 Å². The van der Waals surface area contributed by atoms with Crippen LogP contribution in [0.4, 0.5) is 14.5 Å². The van der Waals surface area contributed by atoms with Gasteiger partial charge in [0.15, 0.2) is 0 Å². The molecule has 0 unspecified atom stereocenters. The van der Waals surface area contributed by atoms with Gasteiger partial charge < -0.3 is 14.8 Å². The van der Waals surface area contributed by atoms with Crippen LogP contribution in [-0.2, 0) is 11.2 Å². The van der Waals surface area contributed by atoms with Crippen LogP contribution in [0.2, 0.25) is 0 Å². The van der Waals surface area contributed by atoms with Crippen molar-refractivity contribution in [3.63, 3.8) is 0 Å². The first-order valence-electron chi connectivity index (χ1n) is 6.54. The highest BCUT2D eigenvalue weighted by atomic mass is 19.3. The van der Waals surface area contributed by atoms with Gasteiger partial charge in [0.05, 0.1) is 13.5 Å². The van der Waals surface area contributed by atoms with Crippen molar-refractivity contribution >= 4 is 11.6 Å². The monoisotopic (exact) mass is 307 g/mol. The zero-order valence-electron chi connectivity index (χ0n) is 11.9. The summed E-state index contributed by atoms with van der Waals surface area (Å²) in [6, 6.07) is 12.9. The van der Waals surface area contributed by atoms with Crippen LogP contribution in [0, 0.1) is 0 Å². The van der Waals surface area contributed by atoms with E-state index in [-0.39, 0.29) is 18.1 Å². The molecule has 0 aliphatic carbocycles. The Morgan fingerprint density at radius 1 is 1.05 bits per heavy atom. The van der Waals surface area contributed by atoms with Gasteiger partial charge >= 0.3 is 6.61 Å². The maximum absolute atomic E-state index is 12.0. The second kappa shape index (κ2) is 7.40. The van der Waals surface area contributed by atoms with Gasteiger partial charge in [0.25, 0.3) is 0 Å². The van der Waals surface area contributed by atoms with Gasteiger partial charge in [-0.05, 0) is 42.0 Å². The number of hydrogen-bond donors (Lipinski definition) is 1. The Kier molecular flexibility index (Phi) is 5.30. The second-order valence-corrected chi connectivity index (χ2v) is 4.48. The fourth-order valence-corrected chi connectivity index (χ4v) is 1.85. The Morgan fingerprint density at radius 3 is 2.18 bits per heavy atom. The third-order valence-electron chi connectivity index (χ3n) is 2.89. The van der Waals surface area contributed by atoms with Gasteiger partial charge in [0, 0.05) is 5.69 Å². The van der Waals surface area contributed by atoms with Gasteiger partial charge in [0.1, 0.15) is 11.5 Å². The number of nitrogens with one attached hydrogen (secondary N) is 1. The Labute approximate surface area is 126 Å². The number of halogens is 2. The van der Waals surface area contributed by atoms with Crippen molar-refractivity contribution < 1.29 is 23.0 Å². The molecule has 0 aliphatic heterocycles. The molecule has 0 bridgehead atoms. The minimum atomic E-state index is -2.87. The molecule has 1 N–H and O–H groups in total. The molecule has 6 heteroatoms. The molecule has 0 spiro atoms. The summed E-state index contributed by atoms with van der Waals surface area (Å²) < 4.78 is 33.3. The predicted octanol–water partition coefficient (Wildman–Crippen LogP) is 3.48. The van der Waals surface area contributed by atoms with Crippen molar-refractivity contribution in [2.75, 3.05) is 12.4 Å². The highest BCUT2D eigenvalue weighted by Crippen LogP contribution is 2.18. The van der Waals surface area contributed by atoms with E-state index < -0.39 is 6.61 Å². The third kappa shape index (κ3) is 4.73. The van der Waals surface area contributed by atoms with Gasteiger partial charge in [-0.1, -0.05) is 12.1 Å². The quantitative estimate of drug-likeness (QED) is 0.889. The SMILES string of the molecule is COc1ccc(CC(=O)Nc2ccc(OC(F)F)cc2)cc1. The van der Waals surface area contributed by atoms with Crippen LogP contribution in [0.1, 0.15) is 5.56 Å². The van der Waals surface area contributed by atoms with Crippen LogP contribution in [0.3, 0.4) is 0 Å². The molecule has 0 fully saturated rings. The van der Waals surface area contributed by atoms with E-state index in [1.165, 1.54) is 24.3 Å². The Hall–Kier alpha value is -2.63. The molecule has 116 valence electrons. The number of methoxy groups -OCH3 is 1. The fraction of sp³-hybridized carbons (Fsp3) is 0.188. The number of rotatable bonds is 6. The number of hydrogen-bond acceptors (Lipinski definition) is 3. The molecule has 0 saturated heterocycles. The van der Waals surface area contributed by atoms with E-state index >= 15 is 0 Å². The Bertz CT molecular complexity index is 612. The van der Waals surface area contributed by atoms with Crippen LogP contribution >= 0.6 is 0 Å².